The van der Waals surface area contributed by atoms with Crippen LogP contribution in [0.25, 0.3) is 0 Å². The maximum Gasteiger partial charge on any atom is 0.328 e. The van der Waals surface area contributed by atoms with Crippen LogP contribution in [0.1, 0.15) is 32.4 Å². The Morgan fingerprint density at radius 2 is 1.93 bits per heavy atom. The Balaban J connectivity index is 2.70. The van der Waals surface area contributed by atoms with E-state index in [9.17, 15) is 4.79 Å². The van der Waals surface area contributed by atoms with Gasteiger partial charge in [-0.25, -0.2) is 4.79 Å². The van der Waals surface area contributed by atoms with Gasteiger partial charge in [0.25, 0.3) is 0 Å². The molecule has 0 bridgehead atoms. The van der Waals surface area contributed by atoms with E-state index < -0.39 is 17.6 Å². The van der Waals surface area contributed by atoms with Gasteiger partial charge in [0.05, 0.1) is 0 Å². The zero-order valence-corrected chi connectivity index (χ0v) is 9.23. The lowest BCUT2D eigenvalue weighted by molar-refractivity contribution is -0.156. The van der Waals surface area contributed by atoms with Gasteiger partial charge in [0.2, 0.25) is 0 Å². The quantitative estimate of drug-likeness (QED) is 0.746. The Bertz CT molecular complexity index is 330. The Labute approximate surface area is 89.5 Å². The van der Waals surface area contributed by atoms with Crippen molar-refractivity contribution < 1.29 is 9.53 Å². The lowest BCUT2D eigenvalue weighted by atomic mass is 10.1. The minimum Gasteiger partial charge on any atom is -0.459 e. The molecule has 0 fully saturated rings. The van der Waals surface area contributed by atoms with Crippen LogP contribution in [-0.2, 0) is 9.53 Å². The molecule has 0 unspecified atom stereocenters. The molecule has 0 spiro atoms. The molecule has 0 radical (unpaired) electrons. The van der Waals surface area contributed by atoms with Crippen LogP contribution >= 0.6 is 0 Å². The molecule has 0 saturated carbocycles. The van der Waals surface area contributed by atoms with Gasteiger partial charge in [-0.2, -0.15) is 0 Å². The maximum absolute atomic E-state index is 11.6. The van der Waals surface area contributed by atoms with E-state index in [2.05, 4.69) is 4.98 Å². The van der Waals surface area contributed by atoms with Crippen molar-refractivity contribution in [3.8, 4) is 0 Å². The van der Waals surface area contributed by atoms with Crippen LogP contribution in [0.4, 0.5) is 0 Å². The second-order valence-electron chi connectivity index (χ2n) is 4.29. The molecule has 1 atom stereocenters. The van der Waals surface area contributed by atoms with Crippen LogP contribution in [0.2, 0.25) is 0 Å². The van der Waals surface area contributed by atoms with Crippen molar-refractivity contribution in [2.75, 3.05) is 0 Å². The third-order valence-corrected chi connectivity index (χ3v) is 1.73. The molecule has 0 amide bonds. The van der Waals surface area contributed by atoms with Gasteiger partial charge in [-0.05, 0) is 38.5 Å². The Kier molecular flexibility index (Phi) is 3.42. The summed E-state index contributed by atoms with van der Waals surface area (Å²) in [6.07, 6.45) is 3.19. The Hall–Kier alpha value is -1.42. The fourth-order valence-corrected chi connectivity index (χ4v) is 1.07. The van der Waals surface area contributed by atoms with Crippen LogP contribution in [0, 0.1) is 0 Å². The van der Waals surface area contributed by atoms with Crippen molar-refractivity contribution in [2.24, 2.45) is 5.73 Å². The number of ether oxygens (including phenoxy) is 1. The number of esters is 1. The fraction of sp³-hybridized carbons (Fsp3) is 0.455. The summed E-state index contributed by atoms with van der Waals surface area (Å²) < 4.78 is 5.17. The molecule has 82 valence electrons. The summed E-state index contributed by atoms with van der Waals surface area (Å²) >= 11 is 0. The number of hydrogen-bond donors (Lipinski definition) is 1. The minimum atomic E-state index is -0.743. The molecule has 0 saturated heterocycles. The topological polar surface area (TPSA) is 65.2 Å². The van der Waals surface area contributed by atoms with Gasteiger partial charge in [-0.15, -0.1) is 0 Å². The van der Waals surface area contributed by atoms with Crippen molar-refractivity contribution in [1.29, 1.82) is 0 Å². The molecule has 2 N–H and O–H groups in total. The first-order valence-corrected chi connectivity index (χ1v) is 4.78. The number of hydrogen-bond acceptors (Lipinski definition) is 4. The van der Waals surface area contributed by atoms with Crippen molar-refractivity contribution in [2.45, 2.75) is 32.4 Å². The largest absolute Gasteiger partial charge is 0.459 e. The van der Waals surface area contributed by atoms with Gasteiger partial charge < -0.3 is 10.5 Å². The van der Waals surface area contributed by atoms with Gasteiger partial charge in [-0.1, -0.05) is 0 Å². The monoisotopic (exact) mass is 208 g/mol. The summed E-state index contributed by atoms with van der Waals surface area (Å²) in [4.78, 5) is 15.4. The number of carbonyl (C=O) groups excluding carboxylic acids is 1. The predicted molar refractivity (Wildman–Crippen MR) is 57.0 cm³/mol. The summed E-state index contributed by atoms with van der Waals surface area (Å²) in [5, 5.41) is 0. The van der Waals surface area contributed by atoms with Crippen molar-refractivity contribution in [1.82, 2.24) is 4.98 Å². The highest BCUT2D eigenvalue weighted by molar-refractivity contribution is 5.77. The number of rotatable bonds is 2. The zero-order chi connectivity index (χ0) is 11.5. The van der Waals surface area contributed by atoms with E-state index in [1.165, 1.54) is 0 Å². The number of carbonyl (C=O) groups is 1. The molecule has 0 aliphatic rings. The molecule has 0 aliphatic heterocycles. The highest BCUT2D eigenvalue weighted by Gasteiger charge is 2.23. The summed E-state index contributed by atoms with van der Waals surface area (Å²) in [7, 11) is 0. The lowest BCUT2D eigenvalue weighted by Gasteiger charge is -2.22. The van der Waals surface area contributed by atoms with E-state index in [4.69, 9.17) is 10.5 Å². The first kappa shape index (κ1) is 11.7. The van der Waals surface area contributed by atoms with Gasteiger partial charge >= 0.3 is 5.97 Å². The number of aromatic nitrogens is 1. The molecule has 4 nitrogen and oxygen atoms in total. The van der Waals surface area contributed by atoms with Crippen molar-refractivity contribution in [3.63, 3.8) is 0 Å². The highest BCUT2D eigenvalue weighted by atomic mass is 16.6. The average molecular weight is 208 g/mol. The van der Waals surface area contributed by atoms with Crippen LogP contribution in [-0.4, -0.2) is 16.6 Å². The second-order valence-corrected chi connectivity index (χ2v) is 4.29. The van der Waals surface area contributed by atoms with Crippen LogP contribution in [0.3, 0.4) is 0 Å². The van der Waals surface area contributed by atoms with Crippen molar-refractivity contribution >= 4 is 5.97 Å². The second kappa shape index (κ2) is 4.40. The van der Waals surface area contributed by atoms with Crippen molar-refractivity contribution in [3.05, 3.63) is 30.1 Å². The fourth-order valence-electron chi connectivity index (χ4n) is 1.07. The third kappa shape index (κ3) is 3.67. The number of nitrogens with two attached hydrogens (primary N) is 1. The summed E-state index contributed by atoms with van der Waals surface area (Å²) in [5.41, 5.74) is 5.94. The number of nitrogens with zero attached hydrogens (tertiary/aromatic N) is 1. The van der Waals surface area contributed by atoms with E-state index in [1.807, 2.05) is 20.8 Å². The van der Waals surface area contributed by atoms with Crippen LogP contribution in [0.15, 0.2) is 24.5 Å². The average Bonchev–Trinajstić information content (AvgIpc) is 2.15. The molecule has 15 heavy (non-hydrogen) atoms. The first-order valence-electron chi connectivity index (χ1n) is 4.78. The normalized spacial score (nSPS) is 13.3. The maximum atomic E-state index is 11.6. The molecule has 4 heteroatoms. The molecular formula is C11H16N2O2. The summed E-state index contributed by atoms with van der Waals surface area (Å²) in [6, 6.07) is 2.66. The van der Waals surface area contributed by atoms with Gasteiger partial charge in [0, 0.05) is 12.4 Å². The number of pyridine rings is 1. The molecule has 0 aliphatic carbocycles. The molecule has 1 aromatic heterocycles. The van der Waals surface area contributed by atoms with E-state index in [1.54, 1.807) is 24.5 Å². The van der Waals surface area contributed by atoms with Gasteiger partial charge in [0.1, 0.15) is 11.6 Å². The third-order valence-electron chi connectivity index (χ3n) is 1.73. The van der Waals surface area contributed by atoms with Crippen LogP contribution in [0.5, 0.6) is 0 Å². The Morgan fingerprint density at radius 1 is 1.40 bits per heavy atom. The van der Waals surface area contributed by atoms with E-state index in [-0.39, 0.29) is 0 Å². The minimum absolute atomic E-state index is 0.422. The lowest BCUT2D eigenvalue weighted by Crippen LogP contribution is -2.31. The van der Waals surface area contributed by atoms with E-state index in [0.717, 1.165) is 0 Å². The van der Waals surface area contributed by atoms with E-state index in [0.29, 0.717) is 5.56 Å². The molecule has 1 heterocycles. The zero-order valence-electron chi connectivity index (χ0n) is 9.23. The smallest absolute Gasteiger partial charge is 0.328 e. The summed E-state index contributed by atoms with van der Waals surface area (Å²) in [5.74, 6) is -0.422. The SMILES string of the molecule is CC(C)(C)OC(=O)[C@@H](N)c1ccncc1. The predicted octanol–water partition coefficient (Wildman–Crippen LogP) is 1.42. The molecule has 1 rings (SSSR count). The molecule has 0 aromatic carbocycles. The summed E-state index contributed by atoms with van der Waals surface area (Å²) in [6.45, 7) is 5.43. The van der Waals surface area contributed by atoms with Crippen LogP contribution < -0.4 is 5.73 Å². The van der Waals surface area contributed by atoms with Gasteiger partial charge in [0.15, 0.2) is 0 Å². The van der Waals surface area contributed by atoms with Gasteiger partial charge in [-0.3, -0.25) is 4.98 Å². The standard InChI is InChI=1S/C11H16N2O2/c1-11(2,3)15-10(14)9(12)8-4-6-13-7-5-8/h4-7,9H,12H2,1-3H3/t9-/m0/s1. The first-order chi connectivity index (χ1) is 6.90. The molecular weight excluding hydrogens is 192 g/mol. The molecule has 1 aromatic rings. The Morgan fingerprint density at radius 3 is 2.40 bits per heavy atom. The highest BCUT2D eigenvalue weighted by Crippen LogP contribution is 2.15. The van der Waals surface area contributed by atoms with E-state index >= 15 is 0 Å².